The van der Waals surface area contributed by atoms with Gasteiger partial charge in [0.25, 0.3) is 0 Å². The minimum Gasteiger partial charge on any atom is -0.466 e. The highest BCUT2D eigenvalue weighted by atomic mass is 16.3. The van der Waals surface area contributed by atoms with Crippen LogP contribution in [0.25, 0.3) is 0 Å². The van der Waals surface area contributed by atoms with Gasteiger partial charge in [0.15, 0.2) is 0 Å². The van der Waals surface area contributed by atoms with Crippen molar-refractivity contribution >= 4 is 5.91 Å². The van der Waals surface area contributed by atoms with Gasteiger partial charge < -0.3 is 9.73 Å². The summed E-state index contributed by atoms with van der Waals surface area (Å²) in [6.45, 7) is 4.85. The SMILES string of the molecule is Cc1ccc(CC(=O)NC[C@@H]2CC[C@H](C)N2C)o1. The zero-order valence-electron chi connectivity index (χ0n) is 11.4. The summed E-state index contributed by atoms with van der Waals surface area (Å²) in [5.74, 6) is 1.62. The molecule has 100 valence electrons. The minimum atomic E-state index is 0.0392. The van der Waals surface area contributed by atoms with Crippen LogP contribution in [-0.2, 0) is 11.2 Å². The molecule has 0 saturated carbocycles. The van der Waals surface area contributed by atoms with E-state index in [-0.39, 0.29) is 5.91 Å². The van der Waals surface area contributed by atoms with Gasteiger partial charge in [-0.15, -0.1) is 0 Å². The Labute approximate surface area is 108 Å². The molecule has 0 radical (unpaired) electrons. The fourth-order valence-corrected chi connectivity index (χ4v) is 2.48. The Hall–Kier alpha value is -1.29. The van der Waals surface area contributed by atoms with Gasteiger partial charge in [-0.25, -0.2) is 0 Å². The van der Waals surface area contributed by atoms with E-state index in [1.54, 1.807) is 0 Å². The number of aryl methyl sites for hydroxylation is 1. The van der Waals surface area contributed by atoms with Gasteiger partial charge in [-0.3, -0.25) is 9.69 Å². The largest absolute Gasteiger partial charge is 0.466 e. The fourth-order valence-electron chi connectivity index (χ4n) is 2.48. The van der Waals surface area contributed by atoms with E-state index >= 15 is 0 Å². The normalized spacial score (nSPS) is 24.4. The number of carbonyl (C=O) groups is 1. The second kappa shape index (κ2) is 5.57. The molecule has 2 rings (SSSR count). The van der Waals surface area contributed by atoms with Crippen molar-refractivity contribution in [2.24, 2.45) is 0 Å². The van der Waals surface area contributed by atoms with Gasteiger partial charge in [0, 0.05) is 18.6 Å². The second-order valence-corrected chi connectivity index (χ2v) is 5.24. The van der Waals surface area contributed by atoms with Crippen molar-refractivity contribution in [3.63, 3.8) is 0 Å². The molecule has 4 heteroatoms. The zero-order chi connectivity index (χ0) is 13.1. The lowest BCUT2D eigenvalue weighted by molar-refractivity contribution is -0.120. The molecule has 0 aromatic carbocycles. The number of nitrogens with one attached hydrogen (secondary N) is 1. The summed E-state index contributed by atoms with van der Waals surface area (Å²) >= 11 is 0. The topological polar surface area (TPSA) is 45.5 Å². The molecule has 0 unspecified atom stereocenters. The average Bonchev–Trinajstić information content (AvgIpc) is 2.86. The smallest absolute Gasteiger partial charge is 0.227 e. The maximum atomic E-state index is 11.8. The van der Waals surface area contributed by atoms with E-state index in [2.05, 4.69) is 24.2 Å². The molecule has 1 aromatic heterocycles. The van der Waals surface area contributed by atoms with Crippen LogP contribution in [0.5, 0.6) is 0 Å². The fraction of sp³-hybridized carbons (Fsp3) is 0.643. The molecule has 2 heterocycles. The molecule has 0 aliphatic carbocycles. The van der Waals surface area contributed by atoms with Gasteiger partial charge in [0.2, 0.25) is 5.91 Å². The number of likely N-dealkylation sites (N-methyl/N-ethyl adjacent to an activating group) is 1. The number of rotatable bonds is 4. The van der Waals surface area contributed by atoms with E-state index in [4.69, 9.17) is 4.42 Å². The van der Waals surface area contributed by atoms with Crippen molar-refractivity contribution in [3.8, 4) is 0 Å². The van der Waals surface area contributed by atoms with Gasteiger partial charge >= 0.3 is 0 Å². The van der Waals surface area contributed by atoms with Crippen molar-refractivity contribution in [2.75, 3.05) is 13.6 Å². The predicted molar refractivity (Wildman–Crippen MR) is 70.4 cm³/mol. The summed E-state index contributed by atoms with van der Waals surface area (Å²) in [5.41, 5.74) is 0. The molecule has 0 spiro atoms. The number of hydrogen-bond acceptors (Lipinski definition) is 3. The molecule has 1 aliphatic heterocycles. The van der Waals surface area contributed by atoms with E-state index in [9.17, 15) is 4.79 Å². The molecule has 18 heavy (non-hydrogen) atoms. The van der Waals surface area contributed by atoms with Crippen LogP contribution in [0.3, 0.4) is 0 Å². The van der Waals surface area contributed by atoms with Crippen molar-refractivity contribution in [1.82, 2.24) is 10.2 Å². The summed E-state index contributed by atoms with van der Waals surface area (Å²) in [5, 5.41) is 2.99. The predicted octanol–water partition coefficient (Wildman–Crippen LogP) is 1.73. The maximum absolute atomic E-state index is 11.8. The monoisotopic (exact) mass is 250 g/mol. The van der Waals surface area contributed by atoms with Crippen molar-refractivity contribution in [3.05, 3.63) is 23.7 Å². The number of amides is 1. The average molecular weight is 250 g/mol. The third kappa shape index (κ3) is 3.13. The first-order valence-corrected chi connectivity index (χ1v) is 6.60. The maximum Gasteiger partial charge on any atom is 0.227 e. The molecule has 1 saturated heterocycles. The molecule has 1 fully saturated rings. The lowest BCUT2D eigenvalue weighted by Gasteiger charge is -2.23. The highest BCUT2D eigenvalue weighted by Gasteiger charge is 2.27. The molecule has 4 nitrogen and oxygen atoms in total. The first-order valence-electron chi connectivity index (χ1n) is 6.60. The van der Waals surface area contributed by atoms with Crippen LogP contribution in [0.15, 0.2) is 16.5 Å². The van der Waals surface area contributed by atoms with Crippen molar-refractivity contribution in [2.45, 2.75) is 45.2 Å². The lowest BCUT2D eigenvalue weighted by atomic mass is 10.2. The molecular formula is C14H22N2O2. The molecule has 1 N–H and O–H groups in total. The van der Waals surface area contributed by atoms with Crippen molar-refractivity contribution < 1.29 is 9.21 Å². The van der Waals surface area contributed by atoms with E-state index in [0.29, 0.717) is 18.5 Å². The van der Waals surface area contributed by atoms with Gasteiger partial charge in [-0.1, -0.05) is 0 Å². The third-order valence-corrected chi connectivity index (χ3v) is 3.85. The Morgan fingerprint density at radius 2 is 2.28 bits per heavy atom. The first-order chi connectivity index (χ1) is 8.56. The second-order valence-electron chi connectivity index (χ2n) is 5.24. The van der Waals surface area contributed by atoms with Crippen LogP contribution >= 0.6 is 0 Å². The van der Waals surface area contributed by atoms with Crippen LogP contribution in [0.4, 0.5) is 0 Å². The number of furan rings is 1. The Balaban J connectivity index is 1.75. The van der Waals surface area contributed by atoms with Gasteiger partial charge in [-0.05, 0) is 45.9 Å². The summed E-state index contributed by atoms with van der Waals surface area (Å²) < 4.78 is 5.39. The van der Waals surface area contributed by atoms with Crippen molar-refractivity contribution in [1.29, 1.82) is 0 Å². The van der Waals surface area contributed by atoms with E-state index in [1.807, 2.05) is 19.1 Å². The number of hydrogen-bond donors (Lipinski definition) is 1. The van der Waals surface area contributed by atoms with Crippen LogP contribution in [0, 0.1) is 6.92 Å². The first kappa shape index (κ1) is 13.1. The van der Waals surface area contributed by atoms with Crippen LogP contribution < -0.4 is 5.32 Å². The third-order valence-electron chi connectivity index (χ3n) is 3.85. The molecule has 1 amide bonds. The van der Waals surface area contributed by atoms with E-state index in [1.165, 1.54) is 6.42 Å². The highest BCUT2D eigenvalue weighted by Crippen LogP contribution is 2.20. The molecule has 1 aliphatic rings. The zero-order valence-corrected chi connectivity index (χ0v) is 11.4. The molecule has 2 atom stereocenters. The summed E-state index contributed by atoms with van der Waals surface area (Å²) in [4.78, 5) is 14.1. The summed E-state index contributed by atoms with van der Waals surface area (Å²) in [6, 6.07) is 4.84. The van der Waals surface area contributed by atoms with Gasteiger partial charge in [0.1, 0.15) is 11.5 Å². The highest BCUT2D eigenvalue weighted by molar-refractivity contribution is 5.77. The van der Waals surface area contributed by atoms with E-state index in [0.717, 1.165) is 24.5 Å². The van der Waals surface area contributed by atoms with Crippen LogP contribution in [0.2, 0.25) is 0 Å². The Bertz CT molecular complexity index is 414. The lowest BCUT2D eigenvalue weighted by Crippen LogP contribution is -2.40. The molecular weight excluding hydrogens is 228 g/mol. The molecule has 0 bridgehead atoms. The molecule has 1 aromatic rings. The van der Waals surface area contributed by atoms with E-state index < -0.39 is 0 Å². The number of nitrogens with zero attached hydrogens (tertiary/aromatic N) is 1. The summed E-state index contributed by atoms with van der Waals surface area (Å²) in [6.07, 6.45) is 2.71. The number of likely N-dealkylation sites (tertiary alicyclic amines) is 1. The van der Waals surface area contributed by atoms with Crippen LogP contribution in [-0.4, -0.2) is 36.5 Å². The Kier molecular flexibility index (Phi) is 4.07. The Morgan fingerprint density at radius 3 is 2.83 bits per heavy atom. The summed E-state index contributed by atoms with van der Waals surface area (Å²) in [7, 11) is 2.13. The Morgan fingerprint density at radius 1 is 1.50 bits per heavy atom. The standard InChI is InChI=1S/C14H22N2O2/c1-10-4-6-12(16(10)3)9-15-14(17)8-13-7-5-11(2)18-13/h5,7,10,12H,4,6,8-9H2,1-3H3,(H,15,17)/t10-,12-/m0/s1. The van der Waals surface area contributed by atoms with Gasteiger partial charge in [-0.2, -0.15) is 0 Å². The van der Waals surface area contributed by atoms with Gasteiger partial charge in [0.05, 0.1) is 6.42 Å². The minimum absolute atomic E-state index is 0.0392. The number of carbonyl (C=O) groups excluding carboxylic acids is 1. The van der Waals surface area contributed by atoms with Crippen LogP contribution in [0.1, 0.15) is 31.3 Å². The quantitative estimate of drug-likeness (QED) is 0.885.